The van der Waals surface area contributed by atoms with Crippen molar-refractivity contribution in [2.45, 2.75) is 0 Å². The van der Waals surface area contributed by atoms with Gasteiger partial charge < -0.3 is 10.4 Å². The number of thiocarbonyl (C=S) groups is 1. The lowest BCUT2D eigenvalue weighted by Gasteiger charge is -2.10. The summed E-state index contributed by atoms with van der Waals surface area (Å²) in [6.07, 6.45) is 0. The number of aromatic hydroxyl groups is 1. The maximum atomic E-state index is 12.8. The molecule has 9 heteroatoms. The number of hydrogen-bond acceptors (Lipinski definition) is 5. The van der Waals surface area contributed by atoms with Crippen molar-refractivity contribution in [3.63, 3.8) is 0 Å². The van der Waals surface area contributed by atoms with Gasteiger partial charge in [0.25, 0.3) is 11.6 Å². The molecule has 0 aliphatic rings. The number of hydrogen-bond donors (Lipinski definition) is 3. The zero-order valence-electron chi connectivity index (χ0n) is 11.4. The summed E-state index contributed by atoms with van der Waals surface area (Å²) in [6, 6.07) is 8.22. The lowest BCUT2D eigenvalue weighted by Crippen LogP contribution is -2.34. The maximum absolute atomic E-state index is 12.8. The summed E-state index contributed by atoms with van der Waals surface area (Å²) in [4.78, 5) is 21.8. The van der Waals surface area contributed by atoms with Gasteiger partial charge in [0.05, 0.1) is 16.7 Å². The van der Waals surface area contributed by atoms with Crippen molar-refractivity contribution in [1.29, 1.82) is 0 Å². The molecule has 0 spiro atoms. The van der Waals surface area contributed by atoms with Crippen LogP contribution in [0.4, 0.5) is 15.8 Å². The van der Waals surface area contributed by atoms with Crippen LogP contribution in [0.25, 0.3) is 0 Å². The normalized spacial score (nSPS) is 9.96. The minimum absolute atomic E-state index is 0.0972. The van der Waals surface area contributed by atoms with Gasteiger partial charge in [0.15, 0.2) is 5.11 Å². The van der Waals surface area contributed by atoms with Crippen LogP contribution in [-0.2, 0) is 0 Å². The molecule has 0 saturated heterocycles. The van der Waals surface area contributed by atoms with Crippen molar-refractivity contribution in [1.82, 2.24) is 5.32 Å². The summed E-state index contributed by atoms with van der Waals surface area (Å²) >= 11 is 4.92. The van der Waals surface area contributed by atoms with Gasteiger partial charge in [-0.05, 0) is 42.5 Å². The number of nitro benzene ring substituents is 1. The summed E-state index contributed by atoms with van der Waals surface area (Å²) < 4.78 is 12.8. The van der Waals surface area contributed by atoms with Gasteiger partial charge in [0.1, 0.15) is 11.6 Å². The van der Waals surface area contributed by atoms with E-state index < -0.39 is 22.4 Å². The number of halogens is 1. The summed E-state index contributed by atoms with van der Waals surface area (Å²) in [5.74, 6) is -1.43. The Morgan fingerprint density at radius 2 is 1.87 bits per heavy atom. The second kappa shape index (κ2) is 6.79. The van der Waals surface area contributed by atoms with Gasteiger partial charge in [-0.2, -0.15) is 0 Å². The Kier molecular flexibility index (Phi) is 4.82. The van der Waals surface area contributed by atoms with Gasteiger partial charge in [-0.1, -0.05) is 0 Å². The van der Waals surface area contributed by atoms with E-state index in [9.17, 15) is 24.4 Å². The third-order valence-corrected chi connectivity index (χ3v) is 2.98. The lowest BCUT2D eigenvalue weighted by molar-refractivity contribution is -0.384. The van der Waals surface area contributed by atoms with Gasteiger partial charge in [-0.15, -0.1) is 0 Å². The number of anilines is 1. The fourth-order valence-corrected chi connectivity index (χ4v) is 1.87. The smallest absolute Gasteiger partial charge is 0.273 e. The maximum Gasteiger partial charge on any atom is 0.273 e. The molecule has 3 N–H and O–H groups in total. The molecule has 0 saturated carbocycles. The van der Waals surface area contributed by atoms with E-state index in [1.165, 1.54) is 24.3 Å². The van der Waals surface area contributed by atoms with E-state index in [2.05, 4.69) is 10.6 Å². The molecule has 0 aromatic heterocycles. The number of carbonyl (C=O) groups is 1. The Hall–Kier alpha value is -3.07. The van der Waals surface area contributed by atoms with E-state index in [-0.39, 0.29) is 22.1 Å². The Labute approximate surface area is 134 Å². The fourth-order valence-electron chi connectivity index (χ4n) is 1.67. The van der Waals surface area contributed by atoms with Crippen LogP contribution in [-0.4, -0.2) is 21.0 Å². The minimum Gasteiger partial charge on any atom is -0.506 e. The van der Waals surface area contributed by atoms with Crippen LogP contribution in [0.2, 0.25) is 0 Å². The predicted molar refractivity (Wildman–Crippen MR) is 84.8 cm³/mol. The highest BCUT2D eigenvalue weighted by molar-refractivity contribution is 7.80. The van der Waals surface area contributed by atoms with Crippen molar-refractivity contribution >= 4 is 34.6 Å². The number of phenols is 1. The van der Waals surface area contributed by atoms with Crippen LogP contribution in [0.5, 0.6) is 5.75 Å². The monoisotopic (exact) mass is 335 g/mol. The van der Waals surface area contributed by atoms with Gasteiger partial charge >= 0.3 is 0 Å². The molecule has 0 aliphatic heterocycles. The van der Waals surface area contributed by atoms with E-state index in [1.54, 1.807) is 0 Å². The number of benzene rings is 2. The van der Waals surface area contributed by atoms with Crippen molar-refractivity contribution in [3.05, 3.63) is 64.0 Å². The lowest BCUT2D eigenvalue weighted by atomic mass is 10.2. The Morgan fingerprint density at radius 3 is 2.43 bits per heavy atom. The van der Waals surface area contributed by atoms with E-state index in [0.717, 1.165) is 18.2 Å². The summed E-state index contributed by atoms with van der Waals surface area (Å²) in [6.45, 7) is 0. The molecule has 0 heterocycles. The van der Waals surface area contributed by atoms with E-state index in [1.807, 2.05) is 0 Å². The van der Waals surface area contributed by atoms with Gasteiger partial charge in [0.2, 0.25) is 0 Å². The van der Waals surface area contributed by atoms with Crippen LogP contribution in [0.15, 0.2) is 42.5 Å². The molecule has 0 radical (unpaired) electrons. The van der Waals surface area contributed by atoms with Crippen molar-refractivity contribution in [2.75, 3.05) is 5.32 Å². The van der Waals surface area contributed by atoms with E-state index in [0.29, 0.717) is 0 Å². The molecule has 0 bridgehead atoms. The molecule has 0 atom stereocenters. The zero-order chi connectivity index (χ0) is 17.0. The molecule has 23 heavy (non-hydrogen) atoms. The second-order valence-corrected chi connectivity index (χ2v) is 4.78. The minimum atomic E-state index is -0.655. The molecule has 7 nitrogen and oxygen atoms in total. The molecular weight excluding hydrogens is 325 g/mol. The molecule has 0 unspecified atom stereocenters. The molecule has 2 aromatic carbocycles. The number of nitro groups is 1. The zero-order valence-corrected chi connectivity index (χ0v) is 12.3. The summed E-state index contributed by atoms with van der Waals surface area (Å²) in [7, 11) is 0. The molecule has 0 fully saturated rings. The molecule has 118 valence electrons. The second-order valence-electron chi connectivity index (χ2n) is 4.37. The van der Waals surface area contributed by atoms with E-state index >= 15 is 0 Å². The number of rotatable bonds is 3. The van der Waals surface area contributed by atoms with Crippen LogP contribution >= 0.6 is 12.2 Å². The molecule has 2 rings (SSSR count). The molecule has 0 aliphatic carbocycles. The first-order valence-corrected chi connectivity index (χ1v) is 6.63. The van der Waals surface area contributed by atoms with Gasteiger partial charge in [0, 0.05) is 11.6 Å². The standard InChI is InChI=1S/C14H10FN3O4S/c15-9-3-1-8(2-4-9)13(20)17-14(23)16-11-6-5-10(18(21)22)7-12(11)19/h1-7,19H,(H2,16,17,20,23). The Bertz CT molecular complexity index is 780. The average molecular weight is 335 g/mol. The number of amides is 1. The highest BCUT2D eigenvalue weighted by Gasteiger charge is 2.12. The van der Waals surface area contributed by atoms with Crippen LogP contribution in [0.3, 0.4) is 0 Å². The fraction of sp³-hybridized carbons (Fsp3) is 0. The van der Waals surface area contributed by atoms with Crippen LogP contribution in [0, 0.1) is 15.9 Å². The highest BCUT2D eigenvalue weighted by atomic mass is 32.1. The van der Waals surface area contributed by atoms with E-state index in [4.69, 9.17) is 12.2 Å². The van der Waals surface area contributed by atoms with Gasteiger partial charge in [-0.25, -0.2) is 4.39 Å². The highest BCUT2D eigenvalue weighted by Crippen LogP contribution is 2.27. The predicted octanol–water partition coefficient (Wildman–Crippen LogP) is 2.57. The molecule has 2 aromatic rings. The topological polar surface area (TPSA) is 104 Å². The summed E-state index contributed by atoms with van der Waals surface area (Å²) in [5, 5.41) is 25.0. The molecular formula is C14H10FN3O4S. The first kappa shape index (κ1) is 16.3. The Balaban J connectivity index is 2.03. The number of carbonyl (C=O) groups excluding carboxylic acids is 1. The number of nitrogens with one attached hydrogen (secondary N) is 2. The van der Waals surface area contributed by atoms with Crippen LogP contribution in [0.1, 0.15) is 10.4 Å². The van der Waals surface area contributed by atoms with Crippen molar-refractivity contribution in [2.24, 2.45) is 0 Å². The SMILES string of the molecule is O=C(NC(=S)Nc1ccc([N+](=O)[O-])cc1O)c1ccc(F)cc1. The average Bonchev–Trinajstić information content (AvgIpc) is 2.49. The number of nitrogens with zero attached hydrogens (tertiary/aromatic N) is 1. The van der Waals surface area contributed by atoms with Gasteiger partial charge in [-0.3, -0.25) is 20.2 Å². The first-order valence-electron chi connectivity index (χ1n) is 6.22. The first-order chi connectivity index (χ1) is 10.9. The van der Waals surface area contributed by atoms with Crippen LogP contribution < -0.4 is 10.6 Å². The van der Waals surface area contributed by atoms with Crippen molar-refractivity contribution in [3.8, 4) is 5.75 Å². The third-order valence-electron chi connectivity index (χ3n) is 2.77. The number of phenolic OH excluding ortho intramolecular Hbond substituents is 1. The third kappa shape index (κ3) is 4.20. The summed E-state index contributed by atoms with van der Waals surface area (Å²) in [5.41, 5.74) is 0.0118. The Morgan fingerprint density at radius 1 is 1.22 bits per heavy atom. The largest absolute Gasteiger partial charge is 0.506 e. The number of non-ortho nitro benzene ring substituents is 1. The quantitative estimate of drug-likeness (QED) is 0.345. The molecule has 1 amide bonds. The van der Waals surface area contributed by atoms with Crippen molar-refractivity contribution < 1.29 is 19.2 Å².